The molecule has 0 radical (unpaired) electrons. The van der Waals surface area contributed by atoms with E-state index in [-0.39, 0.29) is 0 Å². The minimum Gasteiger partial charge on any atom is -0.490 e. The normalized spacial score (nSPS) is 17.7. The van der Waals surface area contributed by atoms with E-state index in [1.807, 2.05) is 5.01 Å². The Kier molecular flexibility index (Phi) is 3.48. The molecule has 3 N–H and O–H groups in total. The molecule has 2 heterocycles. The molecule has 0 fully saturated rings. The van der Waals surface area contributed by atoms with Gasteiger partial charge in [-0.15, -0.1) is 0 Å². The Morgan fingerprint density at radius 2 is 1.91 bits per heavy atom. The van der Waals surface area contributed by atoms with Gasteiger partial charge in [-0.05, 0) is 35.6 Å². The van der Waals surface area contributed by atoms with Gasteiger partial charge in [0.2, 0.25) is 0 Å². The number of anilines is 1. The maximum absolute atomic E-state index is 6.04. The highest BCUT2D eigenvalue weighted by Crippen LogP contribution is 2.43. The maximum Gasteiger partial charge on any atom is 0.143 e. The van der Waals surface area contributed by atoms with Gasteiger partial charge < -0.3 is 10.1 Å². The van der Waals surface area contributed by atoms with E-state index in [2.05, 4.69) is 41.7 Å². The van der Waals surface area contributed by atoms with E-state index in [9.17, 15) is 0 Å². The lowest BCUT2D eigenvalue weighted by Crippen LogP contribution is -2.33. The van der Waals surface area contributed by atoms with Crippen molar-refractivity contribution in [3.05, 3.63) is 47.5 Å². The molecule has 0 unspecified atom stereocenters. The van der Waals surface area contributed by atoms with E-state index < -0.39 is 0 Å². The summed E-state index contributed by atoms with van der Waals surface area (Å²) < 4.78 is 5.91. The number of rotatable bonds is 1. The average molecular weight is 295 g/mol. The van der Waals surface area contributed by atoms with Gasteiger partial charge in [0.15, 0.2) is 0 Å². The van der Waals surface area contributed by atoms with Gasteiger partial charge in [0.1, 0.15) is 12.4 Å². The fourth-order valence-electron chi connectivity index (χ4n) is 3.44. The van der Waals surface area contributed by atoms with Gasteiger partial charge in [0, 0.05) is 25.2 Å². The minimum absolute atomic E-state index is 0.725. The van der Waals surface area contributed by atoms with E-state index in [1.54, 1.807) is 0 Å². The first-order chi connectivity index (χ1) is 10.8. The van der Waals surface area contributed by atoms with Gasteiger partial charge >= 0.3 is 0 Å². The van der Waals surface area contributed by atoms with Crippen LogP contribution in [0.4, 0.5) is 5.69 Å². The fraction of sp³-hybridized carbons (Fsp3) is 0.333. The van der Waals surface area contributed by atoms with Crippen molar-refractivity contribution in [1.29, 1.82) is 0 Å². The van der Waals surface area contributed by atoms with Crippen LogP contribution in [0.5, 0.6) is 5.75 Å². The van der Waals surface area contributed by atoms with Gasteiger partial charge in [-0.1, -0.05) is 30.3 Å². The standard InChI is InChI=1S/C18H21N3O/c19-21-9-6-14-12-16-18(20-8-11-22-16)17(15(14)7-10-21)13-4-2-1-3-5-13/h1-5,12,20H,6-11,19H2. The third kappa shape index (κ3) is 2.34. The summed E-state index contributed by atoms with van der Waals surface area (Å²) in [7, 11) is 0. The number of nitrogens with two attached hydrogens (primary N) is 1. The second-order valence-electron chi connectivity index (χ2n) is 5.94. The Morgan fingerprint density at radius 1 is 1.09 bits per heavy atom. The summed E-state index contributed by atoms with van der Waals surface area (Å²) in [5, 5.41) is 5.46. The zero-order valence-corrected chi connectivity index (χ0v) is 12.6. The smallest absolute Gasteiger partial charge is 0.143 e. The number of benzene rings is 2. The largest absolute Gasteiger partial charge is 0.490 e. The molecule has 0 aliphatic carbocycles. The van der Waals surface area contributed by atoms with E-state index in [0.717, 1.165) is 50.5 Å². The first-order valence-electron chi connectivity index (χ1n) is 7.93. The van der Waals surface area contributed by atoms with Crippen molar-refractivity contribution in [2.24, 2.45) is 5.84 Å². The summed E-state index contributed by atoms with van der Waals surface area (Å²) in [6, 6.07) is 12.8. The van der Waals surface area contributed by atoms with Crippen LogP contribution in [-0.2, 0) is 12.8 Å². The first kappa shape index (κ1) is 13.6. The highest BCUT2D eigenvalue weighted by atomic mass is 16.5. The highest BCUT2D eigenvalue weighted by Gasteiger charge is 2.24. The predicted molar refractivity (Wildman–Crippen MR) is 89.0 cm³/mol. The number of hydrogen-bond donors (Lipinski definition) is 2. The molecule has 0 spiro atoms. The molecule has 4 heteroatoms. The summed E-state index contributed by atoms with van der Waals surface area (Å²) in [6.45, 7) is 3.37. The quantitative estimate of drug-likeness (QED) is 0.793. The number of nitrogens with one attached hydrogen (secondary N) is 1. The third-order valence-electron chi connectivity index (χ3n) is 4.53. The second-order valence-corrected chi connectivity index (χ2v) is 5.94. The highest BCUT2D eigenvalue weighted by molar-refractivity contribution is 5.86. The molecule has 0 saturated carbocycles. The molecule has 0 atom stereocenters. The number of fused-ring (bicyclic) bond motifs is 2. The zero-order valence-electron chi connectivity index (χ0n) is 12.6. The van der Waals surface area contributed by atoms with Crippen molar-refractivity contribution in [1.82, 2.24) is 5.01 Å². The molecule has 2 aromatic carbocycles. The average Bonchev–Trinajstić information content (AvgIpc) is 2.75. The lowest BCUT2D eigenvalue weighted by atomic mass is 9.90. The van der Waals surface area contributed by atoms with Crippen molar-refractivity contribution in [2.45, 2.75) is 12.8 Å². The van der Waals surface area contributed by atoms with Crippen LogP contribution in [-0.4, -0.2) is 31.3 Å². The predicted octanol–water partition coefficient (Wildman–Crippen LogP) is 2.43. The molecule has 2 aliphatic rings. The molecule has 0 saturated heterocycles. The molecule has 4 rings (SSSR count). The summed E-state index contributed by atoms with van der Waals surface area (Å²) in [6.07, 6.45) is 1.95. The van der Waals surface area contributed by atoms with Gasteiger partial charge in [-0.25, -0.2) is 5.01 Å². The van der Waals surface area contributed by atoms with Gasteiger partial charge in [-0.3, -0.25) is 5.84 Å². The third-order valence-corrected chi connectivity index (χ3v) is 4.53. The van der Waals surface area contributed by atoms with E-state index in [0.29, 0.717) is 0 Å². The van der Waals surface area contributed by atoms with Crippen LogP contribution >= 0.6 is 0 Å². The lowest BCUT2D eigenvalue weighted by molar-refractivity contribution is 0.298. The summed E-state index contributed by atoms with van der Waals surface area (Å²) >= 11 is 0. The Hall–Kier alpha value is -2.04. The molecule has 114 valence electrons. The van der Waals surface area contributed by atoms with Crippen molar-refractivity contribution in [3.8, 4) is 16.9 Å². The van der Waals surface area contributed by atoms with Crippen molar-refractivity contribution in [3.63, 3.8) is 0 Å². The molecule has 0 amide bonds. The molecular formula is C18H21N3O. The molecule has 2 aromatic rings. The monoisotopic (exact) mass is 295 g/mol. The minimum atomic E-state index is 0.725. The van der Waals surface area contributed by atoms with Gasteiger partial charge in [0.25, 0.3) is 0 Å². The summed E-state index contributed by atoms with van der Waals surface area (Å²) in [5.41, 5.74) is 6.47. The van der Waals surface area contributed by atoms with Crippen molar-refractivity contribution in [2.75, 3.05) is 31.6 Å². The first-order valence-corrected chi connectivity index (χ1v) is 7.93. The topological polar surface area (TPSA) is 50.5 Å². The Balaban J connectivity index is 1.94. The number of hydrazine groups is 1. The Labute approximate surface area is 130 Å². The molecular weight excluding hydrogens is 274 g/mol. The van der Waals surface area contributed by atoms with Crippen LogP contribution in [0.25, 0.3) is 11.1 Å². The van der Waals surface area contributed by atoms with E-state index in [4.69, 9.17) is 10.6 Å². The molecule has 22 heavy (non-hydrogen) atoms. The molecule has 4 nitrogen and oxygen atoms in total. The van der Waals surface area contributed by atoms with Crippen molar-refractivity contribution < 1.29 is 4.74 Å². The number of ether oxygens (including phenoxy) is 1. The van der Waals surface area contributed by atoms with Crippen LogP contribution in [0.2, 0.25) is 0 Å². The SMILES string of the molecule is NN1CCc2cc3c(c(-c4ccccc4)c2CC1)NCCO3. The van der Waals surface area contributed by atoms with Gasteiger partial charge in [0.05, 0.1) is 5.69 Å². The number of nitrogens with zero attached hydrogens (tertiary/aromatic N) is 1. The molecule has 0 aromatic heterocycles. The van der Waals surface area contributed by atoms with Gasteiger partial charge in [-0.2, -0.15) is 0 Å². The summed E-state index contributed by atoms with van der Waals surface area (Å²) in [4.78, 5) is 0. The van der Waals surface area contributed by atoms with Crippen molar-refractivity contribution >= 4 is 5.69 Å². The van der Waals surface area contributed by atoms with Crippen LogP contribution in [0, 0.1) is 0 Å². The molecule has 0 bridgehead atoms. The summed E-state index contributed by atoms with van der Waals surface area (Å²) in [5.74, 6) is 7.02. The lowest BCUT2D eigenvalue weighted by Gasteiger charge is -2.26. The Bertz CT molecular complexity index is 684. The zero-order chi connectivity index (χ0) is 14.9. The second kappa shape index (κ2) is 5.63. The van der Waals surface area contributed by atoms with Crippen LogP contribution in [0.1, 0.15) is 11.1 Å². The maximum atomic E-state index is 6.04. The van der Waals surface area contributed by atoms with Crippen LogP contribution in [0.15, 0.2) is 36.4 Å². The fourth-order valence-corrected chi connectivity index (χ4v) is 3.44. The van der Waals surface area contributed by atoms with E-state index in [1.165, 1.54) is 22.3 Å². The van der Waals surface area contributed by atoms with Crippen LogP contribution in [0.3, 0.4) is 0 Å². The van der Waals surface area contributed by atoms with E-state index >= 15 is 0 Å². The number of hydrogen-bond acceptors (Lipinski definition) is 4. The Morgan fingerprint density at radius 3 is 2.77 bits per heavy atom. The van der Waals surface area contributed by atoms with Crippen LogP contribution < -0.4 is 15.9 Å². The molecule has 2 aliphatic heterocycles.